The molecule has 0 atom stereocenters. The Bertz CT molecular complexity index is 354. The van der Waals surface area contributed by atoms with Crippen LogP contribution in [0.3, 0.4) is 0 Å². The molecule has 0 saturated heterocycles. The number of fused-ring (bicyclic) bond motifs is 1. The fourth-order valence-electron chi connectivity index (χ4n) is 1.18. The number of ether oxygens (including phenoxy) is 1. The first kappa shape index (κ1) is 6.14. The Morgan fingerprint density at radius 1 is 1.67 bits per heavy atom. The number of aromatic nitrogens is 1. The maximum Gasteiger partial charge on any atom is 0.267 e. The van der Waals surface area contributed by atoms with E-state index in [1.165, 1.54) is 0 Å². The molecule has 0 aromatic carbocycles. The summed E-state index contributed by atoms with van der Waals surface area (Å²) in [6, 6.07) is 1.66. The van der Waals surface area contributed by atoms with Crippen molar-refractivity contribution < 1.29 is 10.9 Å². The van der Waals surface area contributed by atoms with Crippen molar-refractivity contribution in [2.45, 2.75) is 13.2 Å². The molecule has 0 bridgehead atoms. The van der Waals surface area contributed by atoms with Gasteiger partial charge in [-0.15, -0.1) is 0 Å². The fourth-order valence-corrected chi connectivity index (χ4v) is 1.18. The Morgan fingerprint density at radius 2 is 2.50 bits per heavy atom. The van der Waals surface area contributed by atoms with Gasteiger partial charge in [-0.05, 0) is 11.6 Å². The number of nitrogens with two attached hydrogens (primary N) is 1. The van der Waals surface area contributed by atoms with E-state index < -0.39 is 5.91 Å². The predicted octanol–water partition coefficient (Wildman–Crippen LogP) is 0.211. The predicted molar refractivity (Wildman–Crippen MR) is 41.2 cm³/mol. The number of carbonyl (C=O) groups excluding carboxylic acids is 1. The molecule has 1 aromatic rings. The van der Waals surface area contributed by atoms with Crippen molar-refractivity contribution in [1.82, 2.24) is 4.98 Å². The van der Waals surface area contributed by atoms with Gasteiger partial charge < -0.3 is 10.5 Å². The highest BCUT2D eigenvalue weighted by Gasteiger charge is 2.13. The second-order valence-corrected chi connectivity index (χ2v) is 2.66. The lowest BCUT2D eigenvalue weighted by molar-refractivity contribution is 0.0995. The van der Waals surface area contributed by atoms with Gasteiger partial charge in [0.25, 0.3) is 5.91 Å². The van der Waals surface area contributed by atoms with Gasteiger partial charge in [0.1, 0.15) is 5.69 Å². The number of hydrogen-bond donors (Lipinski definition) is 1. The van der Waals surface area contributed by atoms with Crippen LogP contribution in [0.2, 0.25) is 1.41 Å². The van der Waals surface area contributed by atoms with E-state index >= 15 is 0 Å². The third kappa shape index (κ3) is 1.06. The largest absolute Gasteiger partial charge is 0.372 e. The Labute approximate surface area is 70.8 Å². The summed E-state index contributed by atoms with van der Waals surface area (Å²) in [5.41, 5.74) is 4.04. The minimum Gasteiger partial charge on any atom is -0.372 e. The molecule has 2 N–H and O–H groups in total. The van der Waals surface area contributed by atoms with Gasteiger partial charge in [0.2, 0.25) is 0 Å². The molecule has 1 aliphatic rings. The summed E-state index contributed by atoms with van der Waals surface area (Å²) in [6.07, 6.45) is 1.62. The first-order chi connectivity index (χ1) is 6.31. The lowest BCUT2D eigenvalue weighted by Gasteiger charge is -1.97. The molecule has 2 rings (SSSR count). The van der Waals surface area contributed by atoms with E-state index in [-0.39, 0.29) is 5.69 Å². The number of hydrogen-bond acceptors (Lipinski definition) is 3. The van der Waals surface area contributed by atoms with Crippen LogP contribution in [0.1, 0.15) is 21.6 Å². The van der Waals surface area contributed by atoms with Gasteiger partial charge in [-0.3, -0.25) is 9.78 Å². The Kier molecular flexibility index (Phi) is 1.31. The van der Waals surface area contributed by atoms with Gasteiger partial charge in [-0.1, -0.05) is 0 Å². The maximum atomic E-state index is 11.0. The van der Waals surface area contributed by atoms with Crippen molar-refractivity contribution in [3.8, 4) is 0 Å². The van der Waals surface area contributed by atoms with Crippen LogP contribution in [0.25, 0.3) is 0 Å². The molecule has 0 unspecified atom stereocenters. The smallest absolute Gasteiger partial charge is 0.267 e. The summed E-state index contributed by atoms with van der Waals surface area (Å²) in [7, 11) is 0. The SMILES string of the molecule is [2H]NC(=O)c1cc2c(cn1)COC2. The van der Waals surface area contributed by atoms with Gasteiger partial charge in [-0.25, -0.2) is 0 Å². The van der Waals surface area contributed by atoms with E-state index in [2.05, 4.69) is 4.98 Å². The molecule has 1 amide bonds. The topological polar surface area (TPSA) is 65.2 Å². The molecule has 4 nitrogen and oxygen atoms in total. The standard InChI is InChI=1S/C8H8N2O2/c9-8(11)7-1-5-3-12-4-6(5)2-10-7/h1-2H,3-4H2,(H2,9,11)/i/hD. The van der Waals surface area contributed by atoms with Gasteiger partial charge >= 0.3 is 0 Å². The van der Waals surface area contributed by atoms with E-state index in [9.17, 15) is 4.79 Å². The van der Waals surface area contributed by atoms with Crippen molar-refractivity contribution in [2.24, 2.45) is 5.73 Å². The third-order valence-corrected chi connectivity index (χ3v) is 1.83. The van der Waals surface area contributed by atoms with Gasteiger partial charge in [0.15, 0.2) is 1.41 Å². The number of carbonyl (C=O) groups is 1. The van der Waals surface area contributed by atoms with Crippen molar-refractivity contribution in [3.05, 3.63) is 29.1 Å². The van der Waals surface area contributed by atoms with Gasteiger partial charge in [0.05, 0.1) is 13.2 Å². The van der Waals surface area contributed by atoms with Crippen LogP contribution in [0.4, 0.5) is 0 Å². The lowest BCUT2D eigenvalue weighted by atomic mass is 10.1. The van der Waals surface area contributed by atoms with Crippen LogP contribution >= 0.6 is 0 Å². The molecule has 4 heteroatoms. The highest BCUT2D eigenvalue weighted by Crippen LogP contribution is 2.18. The summed E-state index contributed by atoms with van der Waals surface area (Å²) in [5.74, 6) is -0.491. The third-order valence-electron chi connectivity index (χ3n) is 1.83. The van der Waals surface area contributed by atoms with Gasteiger partial charge in [-0.2, -0.15) is 0 Å². The minimum atomic E-state index is -0.491. The molecule has 1 aromatic heterocycles. The molecule has 0 fully saturated rings. The van der Waals surface area contributed by atoms with Crippen LogP contribution in [-0.4, -0.2) is 10.9 Å². The van der Waals surface area contributed by atoms with E-state index in [4.69, 9.17) is 6.15 Å². The fraction of sp³-hybridized carbons (Fsp3) is 0.250. The highest BCUT2D eigenvalue weighted by atomic mass is 16.5. The lowest BCUT2D eigenvalue weighted by Crippen LogP contribution is -2.13. The second kappa shape index (κ2) is 2.57. The van der Waals surface area contributed by atoms with Crippen molar-refractivity contribution in [3.63, 3.8) is 0 Å². The van der Waals surface area contributed by atoms with Gasteiger partial charge in [0, 0.05) is 11.8 Å². The number of nitrogens with zero attached hydrogens (tertiary/aromatic N) is 1. The maximum absolute atomic E-state index is 11.0. The zero-order chi connectivity index (χ0) is 9.26. The summed E-state index contributed by atoms with van der Waals surface area (Å²) < 4.78 is 11.8. The zero-order valence-electron chi connectivity index (χ0n) is 7.33. The van der Waals surface area contributed by atoms with E-state index in [0.717, 1.165) is 11.1 Å². The molecular weight excluding hydrogens is 156 g/mol. The van der Waals surface area contributed by atoms with E-state index in [0.29, 0.717) is 13.2 Å². The molecule has 0 spiro atoms. The van der Waals surface area contributed by atoms with Crippen LogP contribution in [0, 0.1) is 0 Å². The Morgan fingerprint density at radius 3 is 3.33 bits per heavy atom. The molecule has 1 aliphatic heterocycles. The quantitative estimate of drug-likeness (QED) is 0.647. The molecule has 12 heavy (non-hydrogen) atoms. The van der Waals surface area contributed by atoms with E-state index in [1.54, 1.807) is 18.0 Å². The Balaban J connectivity index is 2.36. The van der Waals surface area contributed by atoms with Crippen molar-refractivity contribution in [1.29, 1.82) is 0 Å². The summed E-state index contributed by atoms with van der Waals surface area (Å²) in [5, 5.41) is 0. The van der Waals surface area contributed by atoms with E-state index in [1.807, 2.05) is 0 Å². The van der Waals surface area contributed by atoms with Crippen LogP contribution in [0.15, 0.2) is 12.3 Å². The van der Waals surface area contributed by atoms with Crippen molar-refractivity contribution >= 4 is 5.91 Å². The molecule has 2 heterocycles. The average Bonchev–Trinajstić information content (AvgIpc) is 2.63. The minimum absolute atomic E-state index is 0.263. The van der Waals surface area contributed by atoms with Crippen molar-refractivity contribution in [2.75, 3.05) is 0 Å². The number of primary amides is 1. The average molecular weight is 165 g/mol. The zero-order valence-corrected chi connectivity index (χ0v) is 6.33. The number of rotatable bonds is 1. The first-order valence-electron chi connectivity index (χ1n) is 4.09. The summed E-state index contributed by atoms with van der Waals surface area (Å²) in [6.45, 7) is 1.08. The first-order valence-corrected chi connectivity index (χ1v) is 3.59. The molecule has 0 radical (unpaired) electrons. The molecule has 0 saturated carbocycles. The molecule has 0 aliphatic carbocycles. The Hall–Kier alpha value is -1.42. The van der Waals surface area contributed by atoms with Crippen LogP contribution < -0.4 is 5.73 Å². The monoisotopic (exact) mass is 165 g/mol. The highest BCUT2D eigenvalue weighted by molar-refractivity contribution is 5.90. The van der Waals surface area contributed by atoms with Crippen LogP contribution in [0.5, 0.6) is 0 Å². The summed E-state index contributed by atoms with van der Waals surface area (Å²) >= 11 is 0. The normalized spacial score (nSPS) is 15.2. The number of amides is 1. The molecular formula is C8H8N2O2. The number of pyridine rings is 1. The van der Waals surface area contributed by atoms with Crippen LogP contribution in [-0.2, 0) is 18.0 Å². The molecule has 62 valence electrons. The second-order valence-electron chi connectivity index (χ2n) is 2.66. The summed E-state index contributed by atoms with van der Waals surface area (Å²) in [4.78, 5) is 14.9.